The van der Waals surface area contributed by atoms with Gasteiger partial charge >= 0.3 is 6.18 Å². The smallest absolute Gasteiger partial charge is 0.394 e. The van der Waals surface area contributed by atoms with Gasteiger partial charge in [0.2, 0.25) is 0 Å². The van der Waals surface area contributed by atoms with Gasteiger partial charge in [-0.05, 0) is 17.7 Å². The molecule has 0 fully saturated rings. The first-order valence-electron chi connectivity index (χ1n) is 8.39. The van der Waals surface area contributed by atoms with E-state index in [1.54, 1.807) is 6.07 Å². The lowest BCUT2D eigenvalue weighted by Crippen LogP contribution is -2.16. The number of fused-ring (bicyclic) bond motifs is 2. The molecule has 5 nitrogen and oxygen atoms in total. The zero-order chi connectivity index (χ0) is 19.0. The van der Waals surface area contributed by atoms with Crippen LogP contribution >= 0.6 is 0 Å². The van der Waals surface area contributed by atoms with Gasteiger partial charge in [-0.3, -0.25) is 0 Å². The molecule has 0 saturated carbocycles. The molecule has 8 heteroatoms. The second kappa shape index (κ2) is 6.59. The van der Waals surface area contributed by atoms with Gasteiger partial charge in [0.25, 0.3) is 0 Å². The third-order valence-electron chi connectivity index (χ3n) is 4.48. The molecule has 27 heavy (non-hydrogen) atoms. The average Bonchev–Trinajstić information content (AvgIpc) is 2.88. The lowest BCUT2D eigenvalue weighted by atomic mass is 10.00. The first-order chi connectivity index (χ1) is 13.0. The fourth-order valence-electron chi connectivity index (χ4n) is 3.25. The third kappa shape index (κ3) is 3.34. The summed E-state index contributed by atoms with van der Waals surface area (Å²) in [4.78, 5) is 4.06. The Bertz CT molecular complexity index is 1050. The largest absolute Gasteiger partial charge is 0.492 e. The minimum atomic E-state index is -4.34. The van der Waals surface area contributed by atoms with Crippen molar-refractivity contribution in [2.45, 2.75) is 19.1 Å². The molecule has 0 atom stereocenters. The summed E-state index contributed by atoms with van der Waals surface area (Å²) in [6.45, 7) is 1.98. The SMILES string of the molecule is N#Cc1c(-c2ccc3c(c2)OCCNC3)ccn2c(CC(F)(F)F)cnc12. The number of nitrogens with one attached hydrogen (secondary N) is 1. The van der Waals surface area contributed by atoms with Crippen molar-refractivity contribution >= 4 is 5.65 Å². The molecule has 4 rings (SSSR count). The van der Waals surface area contributed by atoms with Crippen LogP contribution < -0.4 is 10.1 Å². The Labute approximate surface area is 153 Å². The molecular weight excluding hydrogens is 357 g/mol. The predicted octanol–water partition coefficient (Wildman–Crippen LogP) is 3.46. The van der Waals surface area contributed by atoms with Crippen molar-refractivity contribution in [2.24, 2.45) is 0 Å². The number of hydrogen-bond acceptors (Lipinski definition) is 4. The van der Waals surface area contributed by atoms with Gasteiger partial charge in [-0.1, -0.05) is 12.1 Å². The van der Waals surface area contributed by atoms with E-state index >= 15 is 0 Å². The highest BCUT2D eigenvalue weighted by atomic mass is 19.4. The number of imidazole rings is 1. The second-order valence-electron chi connectivity index (χ2n) is 6.30. The standard InChI is InChI=1S/C19H15F3N4O/c20-19(21,22)8-14-11-25-18-16(9-23)15(3-5-26(14)18)12-1-2-13-10-24-4-6-27-17(13)7-12/h1-3,5,7,11,24H,4,6,8,10H2. The Hall–Kier alpha value is -3.05. The fraction of sp³-hybridized carbons (Fsp3) is 0.263. The molecular formula is C19H15F3N4O. The highest BCUT2D eigenvalue weighted by Crippen LogP contribution is 2.32. The molecule has 0 amide bonds. The number of nitriles is 1. The number of rotatable bonds is 2. The summed E-state index contributed by atoms with van der Waals surface area (Å²) in [5.74, 6) is 0.738. The lowest BCUT2D eigenvalue weighted by Gasteiger charge is -2.12. The Kier molecular flexibility index (Phi) is 4.24. The quantitative estimate of drug-likeness (QED) is 0.748. The van der Waals surface area contributed by atoms with E-state index in [-0.39, 0.29) is 16.9 Å². The second-order valence-corrected chi connectivity index (χ2v) is 6.30. The van der Waals surface area contributed by atoms with Crippen LogP contribution in [0.15, 0.2) is 36.7 Å². The van der Waals surface area contributed by atoms with Crippen LogP contribution in [-0.4, -0.2) is 28.7 Å². The van der Waals surface area contributed by atoms with E-state index in [1.807, 2.05) is 18.2 Å². The molecule has 0 unspecified atom stereocenters. The van der Waals surface area contributed by atoms with Gasteiger partial charge in [0, 0.05) is 36.6 Å². The van der Waals surface area contributed by atoms with Crippen molar-refractivity contribution in [3.05, 3.63) is 53.5 Å². The predicted molar refractivity (Wildman–Crippen MR) is 92.3 cm³/mol. The molecule has 0 aliphatic carbocycles. The van der Waals surface area contributed by atoms with Crippen LogP contribution in [0.2, 0.25) is 0 Å². The molecule has 1 aromatic carbocycles. The van der Waals surface area contributed by atoms with E-state index in [0.29, 0.717) is 18.7 Å². The lowest BCUT2D eigenvalue weighted by molar-refractivity contribution is -0.127. The van der Waals surface area contributed by atoms with Gasteiger partial charge in [0.1, 0.15) is 24.0 Å². The number of nitrogens with zero attached hydrogens (tertiary/aromatic N) is 3. The molecule has 138 valence electrons. The summed E-state index contributed by atoms with van der Waals surface area (Å²) in [6.07, 6.45) is -2.76. The Morgan fingerprint density at radius 1 is 1.30 bits per heavy atom. The Morgan fingerprint density at radius 3 is 2.93 bits per heavy atom. The summed E-state index contributed by atoms with van der Waals surface area (Å²) in [5, 5.41) is 12.9. The third-order valence-corrected chi connectivity index (χ3v) is 4.48. The van der Waals surface area contributed by atoms with E-state index < -0.39 is 12.6 Å². The summed E-state index contributed by atoms with van der Waals surface area (Å²) in [7, 11) is 0. The van der Waals surface area contributed by atoms with Crippen molar-refractivity contribution in [1.29, 1.82) is 5.26 Å². The van der Waals surface area contributed by atoms with Gasteiger partial charge in [0.15, 0.2) is 5.65 Å². The molecule has 0 spiro atoms. The minimum Gasteiger partial charge on any atom is -0.492 e. The number of ether oxygens (including phenoxy) is 1. The summed E-state index contributed by atoms with van der Waals surface area (Å²) in [6, 6.07) is 9.39. The number of halogens is 3. The van der Waals surface area contributed by atoms with Crippen LogP contribution in [0.1, 0.15) is 16.8 Å². The number of alkyl halides is 3. The summed E-state index contributed by atoms with van der Waals surface area (Å²) < 4.78 is 45.3. The Balaban J connectivity index is 1.81. The normalized spacial score (nSPS) is 14.3. The zero-order valence-corrected chi connectivity index (χ0v) is 14.2. The van der Waals surface area contributed by atoms with Crippen LogP contribution in [0.5, 0.6) is 5.75 Å². The molecule has 1 aliphatic rings. The Morgan fingerprint density at radius 2 is 2.15 bits per heavy atom. The summed E-state index contributed by atoms with van der Waals surface area (Å²) in [5.41, 5.74) is 2.83. The van der Waals surface area contributed by atoms with Crippen LogP contribution in [0.4, 0.5) is 13.2 Å². The van der Waals surface area contributed by atoms with E-state index in [9.17, 15) is 18.4 Å². The van der Waals surface area contributed by atoms with Crippen LogP contribution in [-0.2, 0) is 13.0 Å². The topological polar surface area (TPSA) is 62.3 Å². The van der Waals surface area contributed by atoms with Crippen molar-refractivity contribution in [2.75, 3.05) is 13.2 Å². The first-order valence-corrected chi connectivity index (χ1v) is 8.39. The fourth-order valence-corrected chi connectivity index (χ4v) is 3.25. The van der Waals surface area contributed by atoms with E-state index in [1.165, 1.54) is 16.8 Å². The van der Waals surface area contributed by atoms with Crippen LogP contribution in [0.3, 0.4) is 0 Å². The minimum absolute atomic E-state index is 0.00288. The van der Waals surface area contributed by atoms with Gasteiger partial charge in [-0.25, -0.2) is 4.98 Å². The molecule has 2 aromatic heterocycles. The maximum atomic E-state index is 12.7. The van der Waals surface area contributed by atoms with E-state index in [0.717, 1.165) is 23.4 Å². The summed E-state index contributed by atoms with van der Waals surface area (Å²) >= 11 is 0. The molecule has 0 saturated heterocycles. The maximum Gasteiger partial charge on any atom is 0.394 e. The molecule has 1 N–H and O–H groups in total. The van der Waals surface area contributed by atoms with Crippen molar-refractivity contribution in [1.82, 2.24) is 14.7 Å². The van der Waals surface area contributed by atoms with E-state index in [4.69, 9.17) is 4.74 Å². The molecule has 3 aromatic rings. The average molecular weight is 372 g/mol. The molecule has 1 aliphatic heterocycles. The van der Waals surface area contributed by atoms with Crippen LogP contribution in [0.25, 0.3) is 16.8 Å². The number of benzene rings is 1. The zero-order valence-electron chi connectivity index (χ0n) is 14.2. The number of aromatic nitrogens is 2. The van der Waals surface area contributed by atoms with Crippen molar-refractivity contribution < 1.29 is 17.9 Å². The number of pyridine rings is 1. The first kappa shape index (κ1) is 17.4. The maximum absolute atomic E-state index is 12.7. The monoisotopic (exact) mass is 372 g/mol. The highest BCUT2D eigenvalue weighted by molar-refractivity contribution is 5.78. The highest BCUT2D eigenvalue weighted by Gasteiger charge is 2.29. The van der Waals surface area contributed by atoms with Crippen molar-refractivity contribution in [3.63, 3.8) is 0 Å². The van der Waals surface area contributed by atoms with Crippen LogP contribution in [0, 0.1) is 11.3 Å². The van der Waals surface area contributed by atoms with Gasteiger partial charge in [-0.2, -0.15) is 18.4 Å². The van der Waals surface area contributed by atoms with Gasteiger partial charge in [0.05, 0.1) is 12.1 Å². The van der Waals surface area contributed by atoms with E-state index in [2.05, 4.69) is 16.4 Å². The molecule has 0 radical (unpaired) electrons. The molecule has 0 bridgehead atoms. The van der Waals surface area contributed by atoms with Crippen molar-refractivity contribution in [3.8, 4) is 22.9 Å². The van der Waals surface area contributed by atoms with Gasteiger partial charge < -0.3 is 14.5 Å². The van der Waals surface area contributed by atoms with Gasteiger partial charge in [-0.15, -0.1) is 0 Å². The molecule has 3 heterocycles. The number of hydrogen-bond donors (Lipinski definition) is 1.